The van der Waals surface area contributed by atoms with Crippen LogP contribution in [0.2, 0.25) is 0 Å². The first-order valence-electron chi connectivity index (χ1n) is 5.42. The number of carbonyl (C=O) groups is 1. The number of nitrogens with one attached hydrogen (secondary N) is 1. The summed E-state index contributed by atoms with van der Waals surface area (Å²) in [5, 5.41) is 5.26. The summed E-state index contributed by atoms with van der Waals surface area (Å²) >= 11 is 1.34. The minimum atomic E-state index is -2.97. The average molecular weight is 292 g/mol. The monoisotopic (exact) mass is 292 g/mol. The number of carbonyl (C=O) groups excluding carboxylic acids is 1. The minimum Gasteiger partial charge on any atom is -0.466 e. The Hall–Kier alpha value is -1.15. The average Bonchev–Trinajstić information content (AvgIpc) is 2.64. The lowest BCUT2D eigenvalue weighted by molar-refractivity contribution is -0.142. The normalized spacial score (nSPS) is 11.2. The Kier molecular flexibility index (Phi) is 5.54. The fourth-order valence-electron chi connectivity index (χ4n) is 1.17. The number of esters is 1. The van der Waals surface area contributed by atoms with E-state index in [2.05, 4.69) is 10.3 Å². The van der Waals surface area contributed by atoms with E-state index in [1.165, 1.54) is 17.6 Å². The quantitative estimate of drug-likeness (QED) is 0.745. The van der Waals surface area contributed by atoms with Crippen molar-refractivity contribution in [1.29, 1.82) is 0 Å². The number of rotatable bonds is 7. The summed E-state index contributed by atoms with van der Waals surface area (Å²) in [7, 11) is -2.97. The molecule has 0 saturated heterocycles. The molecule has 1 aromatic heterocycles. The second-order valence-electron chi connectivity index (χ2n) is 3.68. The number of anilines is 1. The van der Waals surface area contributed by atoms with Gasteiger partial charge in [0.15, 0.2) is 5.13 Å². The van der Waals surface area contributed by atoms with Gasteiger partial charge in [-0.15, -0.1) is 11.3 Å². The lowest BCUT2D eigenvalue weighted by atomic mass is 10.3. The van der Waals surface area contributed by atoms with Crippen LogP contribution >= 0.6 is 11.3 Å². The van der Waals surface area contributed by atoms with Gasteiger partial charge < -0.3 is 10.1 Å². The maximum atomic E-state index is 11.2. The van der Waals surface area contributed by atoms with Gasteiger partial charge in [-0.05, 0) is 6.92 Å². The number of hydrogen-bond donors (Lipinski definition) is 1. The molecule has 0 bridgehead atoms. The molecule has 0 aliphatic carbocycles. The molecule has 0 aliphatic heterocycles. The molecule has 0 spiro atoms. The largest absolute Gasteiger partial charge is 0.466 e. The van der Waals surface area contributed by atoms with E-state index >= 15 is 0 Å². The summed E-state index contributed by atoms with van der Waals surface area (Å²) in [6.07, 6.45) is 1.32. The highest BCUT2D eigenvalue weighted by Crippen LogP contribution is 2.15. The number of sulfone groups is 1. The van der Waals surface area contributed by atoms with Crippen LogP contribution in [0.25, 0.3) is 0 Å². The zero-order valence-corrected chi connectivity index (χ0v) is 11.9. The number of nitrogens with zero attached hydrogens (tertiary/aromatic N) is 1. The van der Waals surface area contributed by atoms with Crippen molar-refractivity contribution in [3.8, 4) is 0 Å². The van der Waals surface area contributed by atoms with Crippen molar-refractivity contribution in [3.05, 3.63) is 11.1 Å². The maximum Gasteiger partial charge on any atom is 0.311 e. The van der Waals surface area contributed by atoms with Crippen LogP contribution in [0.15, 0.2) is 5.38 Å². The molecule has 0 radical (unpaired) electrons. The van der Waals surface area contributed by atoms with Crippen molar-refractivity contribution in [3.63, 3.8) is 0 Å². The number of aromatic nitrogens is 1. The van der Waals surface area contributed by atoms with Gasteiger partial charge >= 0.3 is 5.97 Å². The lowest BCUT2D eigenvalue weighted by Gasteiger charge is -2.00. The van der Waals surface area contributed by atoms with Gasteiger partial charge in [0.2, 0.25) is 0 Å². The molecule has 0 unspecified atom stereocenters. The second kappa shape index (κ2) is 6.69. The van der Waals surface area contributed by atoms with Crippen molar-refractivity contribution in [2.24, 2.45) is 0 Å². The summed E-state index contributed by atoms with van der Waals surface area (Å²) in [4.78, 5) is 15.4. The standard InChI is InChI=1S/C10H16N2O4S2/c1-3-16-9(13)6-8-7-17-10(12-8)11-4-5-18(2,14)15/h7H,3-6H2,1-2H3,(H,11,12). The Morgan fingerprint density at radius 3 is 2.89 bits per heavy atom. The van der Waals surface area contributed by atoms with Crippen LogP contribution in [-0.2, 0) is 25.8 Å². The molecule has 102 valence electrons. The predicted molar refractivity (Wildman–Crippen MR) is 70.7 cm³/mol. The van der Waals surface area contributed by atoms with E-state index in [9.17, 15) is 13.2 Å². The minimum absolute atomic E-state index is 0.0553. The number of thiazole rings is 1. The maximum absolute atomic E-state index is 11.2. The molecular weight excluding hydrogens is 276 g/mol. The van der Waals surface area contributed by atoms with Crippen molar-refractivity contribution >= 4 is 32.3 Å². The van der Waals surface area contributed by atoms with Crippen LogP contribution in [0, 0.1) is 0 Å². The molecule has 18 heavy (non-hydrogen) atoms. The highest BCUT2D eigenvalue weighted by molar-refractivity contribution is 7.90. The molecule has 1 N–H and O–H groups in total. The van der Waals surface area contributed by atoms with Crippen LogP contribution in [0.4, 0.5) is 5.13 Å². The van der Waals surface area contributed by atoms with Gasteiger partial charge in [0.1, 0.15) is 9.84 Å². The molecule has 1 rings (SSSR count). The molecule has 8 heteroatoms. The molecule has 1 heterocycles. The summed E-state index contributed by atoms with van der Waals surface area (Å²) in [5.41, 5.74) is 0.625. The first-order valence-corrected chi connectivity index (χ1v) is 8.36. The Morgan fingerprint density at radius 1 is 1.56 bits per heavy atom. The van der Waals surface area contributed by atoms with E-state index in [0.29, 0.717) is 24.0 Å². The van der Waals surface area contributed by atoms with E-state index in [4.69, 9.17) is 4.74 Å². The zero-order chi connectivity index (χ0) is 13.6. The van der Waals surface area contributed by atoms with Gasteiger partial charge in [0.05, 0.1) is 24.5 Å². The highest BCUT2D eigenvalue weighted by atomic mass is 32.2. The molecule has 0 atom stereocenters. The van der Waals surface area contributed by atoms with Crippen LogP contribution < -0.4 is 5.32 Å². The molecule has 0 aromatic carbocycles. The van der Waals surface area contributed by atoms with E-state index in [-0.39, 0.29) is 18.1 Å². The van der Waals surface area contributed by atoms with Gasteiger partial charge in [0, 0.05) is 18.2 Å². The van der Waals surface area contributed by atoms with Crippen LogP contribution in [-0.4, -0.2) is 44.5 Å². The Labute approximate surface area is 110 Å². The smallest absolute Gasteiger partial charge is 0.311 e. The van der Waals surface area contributed by atoms with Crippen molar-refractivity contribution in [1.82, 2.24) is 4.98 Å². The molecule has 0 fully saturated rings. The SMILES string of the molecule is CCOC(=O)Cc1csc(NCCS(C)(=O)=O)n1. The van der Waals surface area contributed by atoms with E-state index < -0.39 is 9.84 Å². The van der Waals surface area contributed by atoms with Crippen molar-refractivity contribution in [2.45, 2.75) is 13.3 Å². The Balaban J connectivity index is 2.41. The first kappa shape index (κ1) is 14.9. The van der Waals surface area contributed by atoms with Gasteiger partial charge in [-0.2, -0.15) is 0 Å². The zero-order valence-electron chi connectivity index (χ0n) is 10.3. The van der Waals surface area contributed by atoms with Gasteiger partial charge in [0.25, 0.3) is 0 Å². The van der Waals surface area contributed by atoms with E-state index in [1.807, 2.05) is 0 Å². The summed E-state index contributed by atoms with van der Waals surface area (Å²) in [6.45, 7) is 2.41. The van der Waals surface area contributed by atoms with Gasteiger partial charge in [-0.1, -0.05) is 0 Å². The summed E-state index contributed by atoms with van der Waals surface area (Å²) in [5.74, 6) is -0.259. The molecule has 6 nitrogen and oxygen atoms in total. The Morgan fingerprint density at radius 2 is 2.28 bits per heavy atom. The van der Waals surface area contributed by atoms with Crippen LogP contribution in [0.1, 0.15) is 12.6 Å². The Bertz CT molecular complexity index is 496. The van der Waals surface area contributed by atoms with Crippen LogP contribution in [0.5, 0.6) is 0 Å². The van der Waals surface area contributed by atoms with E-state index in [0.717, 1.165) is 0 Å². The second-order valence-corrected chi connectivity index (χ2v) is 6.80. The highest BCUT2D eigenvalue weighted by Gasteiger charge is 2.08. The number of ether oxygens (including phenoxy) is 1. The lowest BCUT2D eigenvalue weighted by Crippen LogP contribution is -2.14. The molecule has 1 aromatic rings. The van der Waals surface area contributed by atoms with Crippen molar-refractivity contribution in [2.75, 3.05) is 30.5 Å². The summed E-state index contributed by atoms with van der Waals surface area (Å²) in [6, 6.07) is 0. The third kappa shape index (κ3) is 5.97. The van der Waals surface area contributed by atoms with Crippen molar-refractivity contribution < 1.29 is 17.9 Å². The fourth-order valence-corrected chi connectivity index (χ4v) is 2.38. The van der Waals surface area contributed by atoms with Crippen LogP contribution in [0.3, 0.4) is 0 Å². The third-order valence-corrected chi connectivity index (χ3v) is 3.73. The van der Waals surface area contributed by atoms with Gasteiger partial charge in [-0.25, -0.2) is 13.4 Å². The van der Waals surface area contributed by atoms with E-state index in [1.54, 1.807) is 12.3 Å². The summed E-state index contributed by atoms with van der Waals surface area (Å²) < 4.78 is 26.7. The molecule has 0 amide bonds. The molecule has 0 aliphatic rings. The number of hydrogen-bond acceptors (Lipinski definition) is 7. The third-order valence-electron chi connectivity index (χ3n) is 1.93. The molecular formula is C10H16N2O4S2. The predicted octanol–water partition coefficient (Wildman–Crippen LogP) is 0.705. The first-order chi connectivity index (χ1) is 8.40. The molecule has 0 saturated carbocycles. The van der Waals surface area contributed by atoms with Gasteiger partial charge in [-0.3, -0.25) is 4.79 Å². The fraction of sp³-hybridized carbons (Fsp3) is 0.600. The topological polar surface area (TPSA) is 85.4 Å².